The molecular formula is C23H28ClN5O2. The number of morpholine rings is 1. The van der Waals surface area contributed by atoms with Crippen LogP contribution in [0.4, 0.5) is 0 Å². The highest BCUT2D eigenvalue weighted by molar-refractivity contribution is 6.37. The Morgan fingerprint density at radius 1 is 1.19 bits per heavy atom. The molecule has 1 unspecified atom stereocenters. The van der Waals surface area contributed by atoms with E-state index in [-0.39, 0.29) is 11.9 Å². The van der Waals surface area contributed by atoms with Gasteiger partial charge in [-0.2, -0.15) is 0 Å². The number of ether oxygens (including phenoxy) is 1. The fourth-order valence-electron chi connectivity index (χ4n) is 4.15. The van der Waals surface area contributed by atoms with E-state index in [4.69, 9.17) is 16.3 Å². The summed E-state index contributed by atoms with van der Waals surface area (Å²) in [5, 5.41) is 4.39. The summed E-state index contributed by atoms with van der Waals surface area (Å²) in [6.45, 7) is 8.26. The topological polar surface area (TPSA) is 72.3 Å². The zero-order valence-corrected chi connectivity index (χ0v) is 18.7. The monoisotopic (exact) mass is 441 g/mol. The van der Waals surface area contributed by atoms with Crippen molar-refractivity contribution in [1.29, 1.82) is 0 Å². The Morgan fingerprint density at radius 2 is 1.94 bits per heavy atom. The summed E-state index contributed by atoms with van der Waals surface area (Å²) in [6, 6.07) is 7.61. The number of hydrogen-bond acceptors (Lipinski definition) is 5. The average molecular weight is 442 g/mol. The van der Waals surface area contributed by atoms with E-state index >= 15 is 0 Å². The molecule has 0 bridgehead atoms. The molecule has 1 amide bonds. The van der Waals surface area contributed by atoms with Crippen LogP contribution in [0.3, 0.4) is 0 Å². The number of nitrogens with zero attached hydrogens (tertiary/aromatic N) is 4. The van der Waals surface area contributed by atoms with Crippen molar-refractivity contribution in [2.75, 3.05) is 32.8 Å². The Labute approximate surface area is 187 Å². The van der Waals surface area contributed by atoms with Gasteiger partial charge in [-0.25, -0.2) is 9.97 Å². The molecule has 1 aliphatic heterocycles. The highest BCUT2D eigenvalue weighted by atomic mass is 35.5. The lowest BCUT2D eigenvalue weighted by Crippen LogP contribution is -2.49. The minimum Gasteiger partial charge on any atom is -0.379 e. The summed E-state index contributed by atoms with van der Waals surface area (Å²) < 4.78 is 7.31. The number of rotatable bonds is 7. The third-order valence-corrected chi connectivity index (χ3v) is 5.91. The van der Waals surface area contributed by atoms with Crippen LogP contribution >= 0.6 is 11.6 Å². The smallest absolute Gasteiger partial charge is 0.253 e. The maximum absolute atomic E-state index is 13.3. The molecule has 31 heavy (non-hydrogen) atoms. The van der Waals surface area contributed by atoms with Crippen molar-refractivity contribution in [1.82, 2.24) is 24.8 Å². The third kappa shape index (κ3) is 4.89. The zero-order valence-electron chi connectivity index (χ0n) is 17.9. The molecule has 2 aromatic heterocycles. The second-order valence-corrected chi connectivity index (χ2v) is 8.64. The Balaban J connectivity index is 1.60. The number of fused-ring (bicyclic) bond motifs is 1. The van der Waals surface area contributed by atoms with Crippen LogP contribution < -0.4 is 5.32 Å². The van der Waals surface area contributed by atoms with Crippen molar-refractivity contribution in [2.24, 2.45) is 5.92 Å². The molecule has 1 fully saturated rings. The maximum Gasteiger partial charge on any atom is 0.253 e. The fourth-order valence-corrected chi connectivity index (χ4v) is 4.42. The van der Waals surface area contributed by atoms with E-state index in [0.29, 0.717) is 34.4 Å². The van der Waals surface area contributed by atoms with Crippen LogP contribution in [0.5, 0.6) is 0 Å². The minimum absolute atomic E-state index is 0.144. The quantitative estimate of drug-likeness (QED) is 0.607. The van der Waals surface area contributed by atoms with Crippen LogP contribution in [0.1, 0.15) is 30.6 Å². The third-order valence-electron chi connectivity index (χ3n) is 5.59. The first kappa shape index (κ1) is 21.7. The van der Waals surface area contributed by atoms with Gasteiger partial charge in [0, 0.05) is 49.7 Å². The Kier molecular flexibility index (Phi) is 6.85. The number of nitrogens with one attached hydrogen (secondary N) is 1. The molecule has 7 nitrogen and oxygen atoms in total. The normalized spacial score (nSPS) is 16.0. The number of halogens is 1. The van der Waals surface area contributed by atoms with Crippen LogP contribution in [0.2, 0.25) is 5.02 Å². The van der Waals surface area contributed by atoms with Crippen molar-refractivity contribution >= 4 is 28.4 Å². The van der Waals surface area contributed by atoms with E-state index in [1.807, 2.05) is 16.7 Å². The van der Waals surface area contributed by atoms with Crippen molar-refractivity contribution in [3.63, 3.8) is 0 Å². The van der Waals surface area contributed by atoms with Gasteiger partial charge in [-0.3, -0.25) is 14.3 Å². The first-order valence-electron chi connectivity index (χ1n) is 10.7. The molecule has 164 valence electrons. The SMILES string of the molecule is CC(C)CC(CNC(=O)c1cn(-c2ncccn2)c2cccc(Cl)c12)N1CCOCC1. The first-order valence-corrected chi connectivity index (χ1v) is 11.1. The average Bonchev–Trinajstić information content (AvgIpc) is 3.18. The molecule has 1 saturated heterocycles. The van der Waals surface area contributed by atoms with E-state index in [1.165, 1.54) is 0 Å². The summed E-state index contributed by atoms with van der Waals surface area (Å²) >= 11 is 6.50. The van der Waals surface area contributed by atoms with Gasteiger partial charge in [0.2, 0.25) is 5.95 Å². The zero-order chi connectivity index (χ0) is 21.8. The molecule has 1 aromatic carbocycles. The number of aromatic nitrogens is 3. The molecule has 0 spiro atoms. The molecule has 1 atom stereocenters. The fraction of sp³-hybridized carbons (Fsp3) is 0.435. The van der Waals surface area contributed by atoms with Gasteiger partial charge in [0.25, 0.3) is 5.91 Å². The van der Waals surface area contributed by atoms with Crippen LogP contribution in [0.15, 0.2) is 42.9 Å². The molecule has 8 heteroatoms. The summed E-state index contributed by atoms with van der Waals surface area (Å²) in [5.74, 6) is 0.894. The molecule has 0 radical (unpaired) electrons. The molecule has 0 saturated carbocycles. The number of carbonyl (C=O) groups is 1. The van der Waals surface area contributed by atoms with E-state index in [9.17, 15) is 4.79 Å². The van der Waals surface area contributed by atoms with Crippen LogP contribution in [-0.2, 0) is 4.74 Å². The minimum atomic E-state index is -0.144. The van der Waals surface area contributed by atoms with Gasteiger partial charge in [0.05, 0.1) is 29.3 Å². The lowest BCUT2D eigenvalue weighted by molar-refractivity contribution is 0.0124. The van der Waals surface area contributed by atoms with Gasteiger partial charge >= 0.3 is 0 Å². The number of amides is 1. The van der Waals surface area contributed by atoms with Gasteiger partial charge in [0.15, 0.2) is 0 Å². The van der Waals surface area contributed by atoms with Crippen molar-refractivity contribution < 1.29 is 9.53 Å². The van der Waals surface area contributed by atoms with Crippen LogP contribution in [-0.4, -0.2) is 64.2 Å². The summed E-state index contributed by atoms with van der Waals surface area (Å²) in [5.41, 5.74) is 1.33. The van der Waals surface area contributed by atoms with Gasteiger partial charge in [-0.1, -0.05) is 31.5 Å². The second-order valence-electron chi connectivity index (χ2n) is 8.24. The Bertz CT molecular complexity index is 1030. The first-order chi connectivity index (χ1) is 15.0. The van der Waals surface area contributed by atoms with Crippen LogP contribution in [0, 0.1) is 5.92 Å². The Morgan fingerprint density at radius 3 is 2.65 bits per heavy atom. The number of hydrogen-bond donors (Lipinski definition) is 1. The summed E-state index contributed by atoms with van der Waals surface area (Å²) in [7, 11) is 0. The Hall–Kier alpha value is -2.48. The maximum atomic E-state index is 13.3. The predicted molar refractivity (Wildman–Crippen MR) is 122 cm³/mol. The van der Waals surface area contributed by atoms with E-state index < -0.39 is 0 Å². The highest BCUT2D eigenvalue weighted by Gasteiger charge is 2.24. The van der Waals surface area contributed by atoms with E-state index in [2.05, 4.69) is 34.0 Å². The number of benzene rings is 1. The predicted octanol–water partition coefficient (Wildman–Crippen LogP) is 3.55. The van der Waals surface area contributed by atoms with Gasteiger partial charge < -0.3 is 10.1 Å². The molecule has 3 aromatic rings. The lowest BCUT2D eigenvalue weighted by atomic mass is 10.0. The van der Waals surface area contributed by atoms with Gasteiger partial charge in [-0.05, 0) is 30.5 Å². The molecule has 0 aliphatic carbocycles. The molecule has 1 N–H and O–H groups in total. The van der Waals surface area contributed by atoms with Crippen LogP contribution in [0.25, 0.3) is 16.9 Å². The standard InChI is InChI=1S/C23H28ClN5O2/c1-16(2)13-17(28-9-11-31-12-10-28)14-27-22(30)18-15-29(23-25-7-4-8-26-23)20-6-3-5-19(24)21(18)20/h3-8,15-17H,9-14H2,1-2H3,(H,27,30). The van der Waals surface area contributed by atoms with Gasteiger partial charge in [0.1, 0.15) is 0 Å². The number of carbonyl (C=O) groups excluding carboxylic acids is 1. The molecular weight excluding hydrogens is 414 g/mol. The van der Waals surface area contributed by atoms with Crippen molar-refractivity contribution in [3.05, 3.63) is 53.4 Å². The van der Waals surface area contributed by atoms with E-state index in [0.717, 1.165) is 38.2 Å². The van der Waals surface area contributed by atoms with Crippen molar-refractivity contribution in [2.45, 2.75) is 26.3 Å². The second kappa shape index (κ2) is 9.77. The van der Waals surface area contributed by atoms with Gasteiger partial charge in [-0.15, -0.1) is 0 Å². The highest BCUT2D eigenvalue weighted by Crippen LogP contribution is 2.30. The molecule has 1 aliphatic rings. The lowest BCUT2D eigenvalue weighted by Gasteiger charge is -2.35. The molecule has 4 rings (SSSR count). The largest absolute Gasteiger partial charge is 0.379 e. The molecule has 3 heterocycles. The summed E-state index contributed by atoms with van der Waals surface area (Å²) in [4.78, 5) is 24.3. The van der Waals surface area contributed by atoms with Crippen molar-refractivity contribution in [3.8, 4) is 5.95 Å². The van der Waals surface area contributed by atoms with E-state index in [1.54, 1.807) is 30.7 Å². The summed E-state index contributed by atoms with van der Waals surface area (Å²) in [6.07, 6.45) is 6.14.